The van der Waals surface area contributed by atoms with Crippen molar-refractivity contribution in [3.05, 3.63) is 23.9 Å². The van der Waals surface area contributed by atoms with Gasteiger partial charge in [-0.05, 0) is 71.7 Å². The summed E-state index contributed by atoms with van der Waals surface area (Å²) in [5.74, 6) is 0.716. The van der Waals surface area contributed by atoms with Crippen LogP contribution in [0.4, 0.5) is 10.6 Å². The highest BCUT2D eigenvalue weighted by Crippen LogP contribution is 2.32. The zero-order chi connectivity index (χ0) is 18.7. The number of anilines is 1. The number of carbonyl (C=O) groups is 1. The third-order valence-electron chi connectivity index (χ3n) is 5.45. The first-order valence-corrected chi connectivity index (χ1v) is 10.0. The molecule has 5 heteroatoms. The van der Waals surface area contributed by atoms with Gasteiger partial charge in [-0.1, -0.05) is 25.3 Å². The lowest BCUT2D eigenvalue weighted by Gasteiger charge is -2.33. The van der Waals surface area contributed by atoms with Crippen LogP contribution in [-0.4, -0.2) is 41.2 Å². The number of hydrogen-bond acceptors (Lipinski definition) is 4. The average Bonchev–Trinajstić information content (AvgIpc) is 3.09. The predicted octanol–water partition coefficient (Wildman–Crippen LogP) is 4.92. The van der Waals surface area contributed by atoms with Crippen molar-refractivity contribution in [2.45, 2.75) is 83.4 Å². The van der Waals surface area contributed by atoms with Crippen molar-refractivity contribution in [2.75, 3.05) is 18.5 Å². The molecule has 2 fully saturated rings. The number of carbonyl (C=O) groups excluding carboxylic acids is 1. The molecular formula is C21H33N3O2. The van der Waals surface area contributed by atoms with Gasteiger partial charge >= 0.3 is 6.09 Å². The van der Waals surface area contributed by atoms with E-state index in [1.807, 2.05) is 33.0 Å². The molecule has 144 valence electrons. The van der Waals surface area contributed by atoms with E-state index >= 15 is 0 Å². The van der Waals surface area contributed by atoms with Gasteiger partial charge in [0, 0.05) is 18.3 Å². The Morgan fingerprint density at radius 1 is 1.15 bits per heavy atom. The molecule has 0 radical (unpaired) electrons. The Hall–Kier alpha value is -1.62. The molecule has 1 atom stereocenters. The number of ether oxygens (including phenoxy) is 1. The van der Waals surface area contributed by atoms with Crippen LogP contribution < -0.4 is 4.90 Å². The van der Waals surface area contributed by atoms with Crippen molar-refractivity contribution in [1.82, 2.24) is 9.88 Å². The van der Waals surface area contributed by atoms with E-state index in [2.05, 4.69) is 23.0 Å². The molecule has 1 aromatic rings. The Morgan fingerprint density at radius 3 is 2.42 bits per heavy atom. The van der Waals surface area contributed by atoms with Crippen molar-refractivity contribution in [3.8, 4) is 0 Å². The fourth-order valence-electron chi connectivity index (χ4n) is 4.14. The zero-order valence-corrected chi connectivity index (χ0v) is 16.7. The molecule has 3 rings (SSSR count). The lowest BCUT2D eigenvalue weighted by molar-refractivity contribution is 0.0564. The average molecular weight is 360 g/mol. The monoisotopic (exact) mass is 359 g/mol. The van der Waals surface area contributed by atoms with E-state index < -0.39 is 5.60 Å². The van der Waals surface area contributed by atoms with E-state index in [0.717, 1.165) is 32.2 Å². The number of pyridine rings is 1. The second-order valence-electron chi connectivity index (χ2n) is 8.73. The minimum absolute atomic E-state index is 0.195. The van der Waals surface area contributed by atoms with Crippen LogP contribution >= 0.6 is 0 Å². The molecule has 1 amide bonds. The van der Waals surface area contributed by atoms with Crippen LogP contribution in [0.25, 0.3) is 0 Å². The maximum absolute atomic E-state index is 12.8. The summed E-state index contributed by atoms with van der Waals surface area (Å²) < 4.78 is 5.67. The topological polar surface area (TPSA) is 45.7 Å². The summed E-state index contributed by atoms with van der Waals surface area (Å²) in [4.78, 5) is 21.7. The minimum Gasteiger partial charge on any atom is -0.443 e. The van der Waals surface area contributed by atoms with Crippen LogP contribution in [0.15, 0.2) is 18.3 Å². The molecule has 0 N–H and O–H groups in total. The summed E-state index contributed by atoms with van der Waals surface area (Å²) in [6.07, 6.45) is 9.75. The van der Waals surface area contributed by atoms with Gasteiger partial charge in [0.2, 0.25) is 0 Å². The lowest BCUT2D eigenvalue weighted by Crippen LogP contribution is -2.43. The molecule has 1 saturated heterocycles. The minimum atomic E-state index is -0.501. The zero-order valence-electron chi connectivity index (χ0n) is 16.7. The smallest absolute Gasteiger partial charge is 0.416 e. The molecule has 0 spiro atoms. The summed E-state index contributed by atoms with van der Waals surface area (Å²) >= 11 is 0. The van der Waals surface area contributed by atoms with Crippen LogP contribution in [-0.2, 0) is 4.74 Å². The standard InChI is InChI=1S/C21H33N3O2/c1-21(2,3)26-20(25)24(17-9-5-6-10-17)19-13-12-16(15-22-19)18-11-7-8-14-23(18)4/h12-13,15,17-18H,5-11,14H2,1-4H3/t18-/m0/s1. The number of likely N-dealkylation sites (tertiary alicyclic amines) is 1. The molecule has 1 aliphatic heterocycles. The molecular weight excluding hydrogens is 326 g/mol. The third-order valence-corrected chi connectivity index (χ3v) is 5.45. The van der Waals surface area contributed by atoms with Gasteiger partial charge in [-0.25, -0.2) is 9.78 Å². The van der Waals surface area contributed by atoms with Crippen LogP contribution in [0.1, 0.15) is 77.3 Å². The largest absolute Gasteiger partial charge is 0.443 e. The molecule has 1 aliphatic carbocycles. The molecule has 1 saturated carbocycles. The number of piperidine rings is 1. The predicted molar refractivity (Wildman–Crippen MR) is 104 cm³/mol. The first-order chi connectivity index (χ1) is 12.3. The van der Waals surface area contributed by atoms with Gasteiger partial charge in [0.15, 0.2) is 0 Å². The number of hydrogen-bond donors (Lipinski definition) is 0. The van der Waals surface area contributed by atoms with Gasteiger partial charge in [0.1, 0.15) is 11.4 Å². The first kappa shape index (κ1) is 19.2. The van der Waals surface area contributed by atoms with Gasteiger partial charge in [-0.3, -0.25) is 9.80 Å². The highest BCUT2D eigenvalue weighted by atomic mass is 16.6. The molecule has 2 aliphatic rings. The molecule has 2 heterocycles. The molecule has 0 bridgehead atoms. The fraction of sp³-hybridized carbons (Fsp3) is 0.714. The van der Waals surface area contributed by atoms with Crippen molar-refractivity contribution in [2.24, 2.45) is 0 Å². The summed E-state index contributed by atoms with van der Waals surface area (Å²) in [6.45, 7) is 6.87. The molecule has 1 aromatic heterocycles. The van der Waals surface area contributed by atoms with E-state index in [1.54, 1.807) is 4.90 Å². The normalized spacial score (nSPS) is 22.4. The van der Waals surface area contributed by atoms with Crippen molar-refractivity contribution in [3.63, 3.8) is 0 Å². The van der Waals surface area contributed by atoms with E-state index in [-0.39, 0.29) is 12.1 Å². The number of aromatic nitrogens is 1. The quantitative estimate of drug-likeness (QED) is 0.768. The molecule has 5 nitrogen and oxygen atoms in total. The maximum Gasteiger partial charge on any atom is 0.416 e. The van der Waals surface area contributed by atoms with Gasteiger partial charge < -0.3 is 4.74 Å². The summed E-state index contributed by atoms with van der Waals surface area (Å²) in [5, 5.41) is 0. The second-order valence-corrected chi connectivity index (χ2v) is 8.73. The summed E-state index contributed by atoms with van der Waals surface area (Å²) in [7, 11) is 2.18. The Labute approximate surface area is 157 Å². The van der Waals surface area contributed by atoms with Gasteiger partial charge in [-0.2, -0.15) is 0 Å². The Balaban J connectivity index is 1.80. The van der Waals surface area contributed by atoms with Gasteiger partial charge in [0.25, 0.3) is 0 Å². The summed E-state index contributed by atoms with van der Waals surface area (Å²) in [5.41, 5.74) is 0.741. The van der Waals surface area contributed by atoms with E-state index in [1.165, 1.54) is 24.8 Å². The van der Waals surface area contributed by atoms with Crippen molar-refractivity contribution in [1.29, 1.82) is 0 Å². The first-order valence-electron chi connectivity index (χ1n) is 10.0. The number of amides is 1. The van der Waals surface area contributed by atoms with Gasteiger partial charge in [0.05, 0.1) is 0 Å². The van der Waals surface area contributed by atoms with Crippen LogP contribution in [0.3, 0.4) is 0 Å². The highest BCUT2D eigenvalue weighted by Gasteiger charge is 2.32. The van der Waals surface area contributed by atoms with E-state index in [9.17, 15) is 4.79 Å². The highest BCUT2D eigenvalue weighted by molar-refractivity contribution is 5.87. The molecule has 0 aromatic carbocycles. The number of rotatable bonds is 3. The van der Waals surface area contributed by atoms with Crippen molar-refractivity contribution < 1.29 is 9.53 Å². The Kier molecular flexibility index (Phi) is 5.86. The Morgan fingerprint density at radius 2 is 1.85 bits per heavy atom. The van der Waals surface area contributed by atoms with E-state index in [0.29, 0.717) is 11.9 Å². The van der Waals surface area contributed by atoms with Crippen molar-refractivity contribution >= 4 is 11.9 Å². The molecule has 26 heavy (non-hydrogen) atoms. The number of nitrogens with zero attached hydrogens (tertiary/aromatic N) is 3. The van der Waals surface area contributed by atoms with Gasteiger partial charge in [-0.15, -0.1) is 0 Å². The fourth-order valence-corrected chi connectivity index (χ4v) is 4.14. The Bertz CT molecular complexity index is 603. The second kappa shape index (κ2) is 7.95. The SMILES string of the molecule is CN1CCCC[C@H]1c1ccc(N(C(=O)OC(C)(C)C)C2CCCC2)nc1. The van der Waals surface area contributed by atoms with Crippen LogP contribution in [0, 0.1) is 0 Å². The van der Waals surface area contributed by atoms with Crippen LogP contribution in [0.2, 0.25) is 0 Å². The molecule has 0 unspecified atom stereocenters. The van der Waals surface area contributed by atoms with E-state index in [4.69, 9.17) is 4.74 Å². The lowest BCUT2D eigenvalue weighted by atomic mass is 9.97. The maximum atomic E-state index is 12.8. The van der Waals surface area contributed by atoms with Crippen LogP contribution in [0.5, 0.6) is 0 Å². The summed E-state index contributed by atoms with van der Waals surface area (Å²) in [6, 6.07) is 4.77. The third kappa shape index (κ3) is 4.56.